The summed E-state index contributed by atoms with van der Waals surface area (Å²) in [6.07, 6.45) is 2.61. The van der Waals surface area contributed by atoms with Gasteiger partial charge in [-0.15, -0.1) is 10.2 Å². The maximum absolute atomic E-state index is 11.9. The van der Waals surface area contributed by atoms with E-state index in [9.17, 15) is 19.2 Å². The molecular formula is C30H30N2O10S. The van der Waals surface area contributed by atoms with E-state index in [0.717, 1.165) is 23.3 Å². The zero-order valence-electron chi connectivity index (χ0n) is 23.2. The Morgan fingerprint density at radius 2 is 0.930 bits per heavy atom. The van der Waals surface area contributed by atoms with Crippen molar-refractivity contribution in [1.29, 1.82) is 0 Å². The van der Waals surface area contributed by atoms with E-state index in [1.807, 2.05) is 0 Å². The van der Waals surface area contributed by atoms with E-state index in [4.69, 9.17) is 28.4 Å². The van der Waals surface area contributed by atoms with Crippen molar-refractivity contribution in [3.63, 3.8) is 0 Å². The second-order valence-electron chi connectivity index (χ2n) is 8.52. The number of unbranched alkanes of at least 4 members (excludes halogenated alkanes) is 2. The van der Waals surface area contributed by atoms with E-state index < -0.39 is 24.2 Å². The largest absolute Gasteiger partial charge is 0.513 e. The van der Waals surface area contributed by atoms with Crippen LogP contribution >= 0.6 is 11.3 Å². The van der Waals surface area contributed by atoms with Crippen molar-refractivity contribution in [3.8, 4) is 32.6 Å². The molecule has 2 aromatic carbocycles. The molecule has 1 aromatic heterocycles. The Hall–Kier alpha value is -5.04. The molecule has 0 amide bonds. The van der Waals surface area contributed by atoms with Crippen LogP contribution in [-0.2, 0) is 28.5 Å². The molecule has 1 heterocycles. The molecule has 0 N–H and O–H groups in total. The maximum atomic E-state index is 11.9. The van der Waals surface area contributed by atoms with Gasteiger partial charge in [-0.3, -0.25) is 0 Å². The van der Waals surface area contributed by atoms with Crippen molar-refractivity contribution >= 4 is 35.6 Å². The third-order valence-corrected chi connectivity index (χ3v) is 6.39. The summed E-state index contributed by atoms with van der Waals surface area (Å²) < 4.78 is 30.1. The summed E-state index contributed by atoms with van der Waals surface area (Å²) in [6, 6.07) is 13.5. The molecule has 0 saturated heterocycles. The summed E-state index contributed by atoms with van der Waals surface area (Å²) in [4.78, 5) is 45.7. The van der Waals surface area contributed by atoms with Gasteiger partial charge >= 0.3 is 24.2 Å². The zero-order valence-corrected chi connectivity index (χ0v) is 24.0. The maximum Gasteiger partial charge on any atom is 0.513 e. The van der Waals surface area contributed by atoms with Crippen LogP contribution in [0.5, 0.6) is 11.5 Å². The molecule has 43 heavy (non-hydrogen) atoms. The second-order valence-corrected chi connectivity index (χ2v) is 9.50. The molecular weight excluding hydrogens is 580 g/mol. The first kappa shape index (κ1) is 32.5. The topological polar surface area (TPSA) is 149 Å². The molecule has 0 saturated carbocycles. The van der Waals surface area contributed by atoms with Gasteiger partial charge in [0, 0.05) is 23.3 Å². The summed E-state index contributed by atoms with van der Waals surface area (Å²) in [5.74, 6) is -0.376. The zero-order chi connectivity index (χ0) is 30.9. The summed E-state index contributed by atoms with van der Waals surface area (Å²) in [6.45, 7) is 7.31. The van der Waals surface area contributed by atoms with Crippen molar-refractivity contribution in [3.05, 3.63) is 73.8 Å². The van der Waals surface area contributed by atoms with Crippen LogP contribution in [0.4, 0.5) is 9.59 Å². The van der Waals surface area contributed by atoms with Crippen LogP contribution in [0.3, 0.4) is 0 Å². The first-order valence-electron chi connectivity index (χ1n) is 13.2. The van der Waals surface area contributed by atoms with Crippen LogP contribution in [0.25, 0.3) is 21.1 Å². The second kappa shape index (κ2) is 17.7. The molecule has 3 aromatic rings. The highest BCUT2D eigenvalue weighted by Crippen LogP contribution is 2.31. The highest BCUT2D eigenvalue weighted by molar-refractivity contribution is 7.17. The first-order chi connectivity index (χ1) is 20.9. The highest BCUT2D eigenvalue weighted by atomic mass is 32.1. The minimum atomic E-state index is -0.835. The van der Waals surface area contributed by atoms with Crippen molar-refractivity contribution < 1.29 is 47.6 Å². The van der Waals surface area contributed by atoms with Crippen LogP contribution in [0, 0.1) is 0 Å². The van der Waals surface area contributed by atoms with Gasteiger partial charge in [0.25, 0.3) is 0 Å². The van der Waals surface area contributed by atoms with Crippen LogP contribution in [0.1, 0.15) is 25.7 Å². The van der Waals surface area contributed by atoms with Gasteiger partial charge in [0.1, 0.15) is 21.5 Å². The molecule has 0 bridgehead atoms. The van der Waals surface area contributed by atoms with E-state index in [1.54, 1.807) is 48.5 Å². The van der Waals surface area contributed by atoms with Crippen LogP contribution in [0.15, 0.2) is 73.8 Å². The summed E-state index contributed by atoms with van der Waals surface area (Å²) in [5, 5.41) is 9.79. The molecule has 0 spiro atoms. The lowest BCUT2D eigenvalue weighted by Gasteiger charge is -2.06. The Balaban J connectivity index is 1.40. The van der Waals surface area contributed by atoms with E-state index in [2.05, 4.69) is 23.4 Å². The average molecular weight is 611 g/mol. The predicted molar refractivity (Wildman–Crippen MR) is 156 cm³/mol. The van der Waals surface area contributed by atoms with Crippen molar-refractivity contribution in [2.45, 2.75) is 25.7 Å². The third-order valence-electron chi connectivity index (χ3n) is 5.37. The van der Waals surface area contributed by atoms with Crippen LogP contribution < -0.4 is 9.47 Å². The van der Waals surface area contributed by atoms with Gasteiger partial charge in [0.2, 0.25) is 0 Å². The number of carbonyl (C=O) groups is 4. The van der Waals surface area contributed by atoms with E-state index >= 15 is 0 Å². The van der Waals surface area contributed by atoms with Crippen molar-refractivity contribution in [2.75, 3.05) is 26.4 Å². The Morgan fingerprint density at radius 1 is 0.581 bits per heavy atom. The Bertz CT molecular complexity index is 1280. The molecule has 12 nitrogen and oxygen atoms in total. The molecule has 0 aliphatic rings. The van der Waals surface area contributed by atoms with Gasteiger partial charge in [0.15, 0.2) is 0 Å². The number of benzene rings is 2. The number of esters is 2. The molecule has 3 rings (SSSR count). The molecule has 0 unspecified atom stereocenters. The summed E-state index contributed by atoms with van der Waals surface area (Å²) in [7, 11) is 0. The van der Waals surface area contributed by atoms with Crippen molar-refractivity contribution in [1.82, 2.24) is 10.2 Å². The number of hydrogen-bond acceptors (Lipinski definition) is 13. The first-order valence-corrected chi connectivity index (χ1v) is 14.0. The number of ether oxygens (including phenoxy) is 6. The lowest BCUT2D eigenvalue weighted by atomic mass is 10.2. The number of rotatable bonds is 16. The van der Waals surface area contributed by atoms with Crippen LogP contribution in [0.2, 0.25) is 0 Å². The normalized spacial score (nSPS) is 10.2. The van der Waals surface area contributed by atoms with Gasteiger partial charge in [-0.05, 0) is 74.2 Å². The smallest absolute Gasteiger partial charge is 0.463 e. The van der Waals surface area contributed by atoms with Gasteiger partial charge in [-0.25, -0.2) is 19.2 Å². The molecule has 0 atom stereocenters. The van der Waals surface area contributed by atoms with E-state index in [1.165, 1.54) is 11.3 Å². The van der Waals surface area contributed by atoms with E-state index in [-0.39, 0.29) is 26.4 Å². The number of carbonyl (C=O) groups excluding carboxylic acids is 4. The standard InChI is InChI=1S/C30H30N2O10S/c1-3-25(33)37-17-5-7-19-39-29(35)41-23-13-9-21(10-14-23)27-31-32-28(43-27)22-11-15-24(16-12-22)42-30(36)40-20-8-6-18-38-26(34)4-2/h3-4,9-16H,1-2,5-8,17-20H2. The fourth-order valence-electron chi connectivity index (χ4n) is 3.22. The minimum absolute atomic E-state index is 0.130. The number of nitrogens with zero attached hydrogens (tertiary/aromatic N) is 2. The molecule has 0 fully saturated rings. The summed E-state index contributed by atoms with van der Waals surface area (Å²) >= 11 is 1.36. The van der Waals surface area contributed by atoms with Crippen LogP contribution in [-0.4, -0.2) is 60.9 Å². The van der Waals surface area contributed by atoms with Gasteiger partial charge in [-0.1, -0.05) is 24.5 Å². The minimum Gasteiger partial charge on any atom is -0.463 e. The fourth-order valence-corrected chi connectivity index (χ4v) is 4.08. The highest BCUT2D eigenvalue weighted by Gasteiger charge is 2.12. The molecule has 0 aliphatic heterocycles. The quantitative estimate of drug-likeness (QED) is 0.0622. The van der Waals surface area contributed by atoms with Gasteiger partial charge in [0.05, 0.1) is 26.4 Å². The van der Waals surface area contributed by atoms with Gasteiger partial charge in [-0.2, -0.15) is 0 Å². The van der Waals surface area contributed by atoms with E-state index in [0.29, 0.717) is 47.2 Å². The molecule has 0 radical (unpaired) electrons. The Kier molecular flexibility index (Phi) is 13.4. The SMILES string of the molecule is C=CC(=O)OCCCCOC(=O)Oc1ccc(-c2nnc(-c3ccc(OC(=O)OCCCCOC(=O)C=C)cc3)s2)cc1. The lowest BCUT2D eigenvalue weighted by Crippen LogP contribution is -2.12. The van der Waals surface area contributed by atoms with Gasteiger partial charge < -0.3 is 28.4 Å². The molecule has 13 heteroatoms. The predicted octanol–water partition coefficient (Wildman–Crippen LogP) is 5.92. The number of aromatic nitrogens is 2. The molecule has 226 valence electrons. The molecule has 0 aliphatic carbocycles. The number of hydrogen-bond donors (Lipinski definition) is 0. The van der Waals surface area contributed by atoms with Crippen molar-refractivity contribution in [2.24, 2.45) is 0 Å². The lowest BCUT2D eigenvalue weighted by molar-refractivity contribution is -0.138. The fraction of sp³-hybridized carbons (Fsp3) is 0.267. The summed E-state index contributed by atoms with van der Waals surface area (Å²) in [5.41, 5.74) is 1.56. The monoisotopic (exact) mass is 610 g/mol. The Labute approximate surface area is 251 Å². The average Bonchev–Trinajstić information content (AvgIpc) is 3.51. The Morgan fingerprint density at radius 3 is 1.28 bits per heavy atom. The third kappa shape index (κ3) is 11.8.